The van der Waals surface area contributed by atoms with Gasteiger partial charge in [0.15, 0.2) is 18.2 Å². The molecule has 0 aromatic rings. The number of halogens is 1. The Bertz CT molecular complexity index is 1280. The van der Waals surface area contributed by atoms with Gasteiger partial charge in [-0.05, 0) is 80.3 Å². The zero-order chi connectivity index (χ0) is 29.0. The highest BCUT2D eigenvalue weighted by atomic mass is 19.1. The van der Waals surface area contributed by atoms with E-state index >= 15 is 0 Å². The SMILES string of the molecule is CC1(C)C(=O)C(C#N)=C[C@]2(C)C3=CC(=O)[C@]4(O)[C@@H]5C[C@@](C)(NC(=O)CF)CC[C@@]5(C)CC[C@@]4(C)[C@]3(C)CC[C@@H]12. The molecule has 5 aliphatic rings. The molecule has 0 saturated heterocycles. The Labute approximate surface area is 231 Å². The fourth-order valence-corrected chi connectivity index (χ4v) is 10.2. The number of nitrogens with one attached hydrogen (secondary N) is 1. The third-order valence-corrected chi connectivity index (χ3v) is 12.8. The van der Waals surface area contributed by atoms with Crippen molar-refractivity contribution in [1.82, 2.24) is 5.32 Å². The van der Waals surface area contributed by atoms with Gasteiger partial charge in [-0.1, -0.05) is 47.6 Å². The molecule has 6 nitrogen and oxygen atoms in total. The van der Waals surface area contributed by atoms with Crippen molar-refractivity contribution in [3.8, 4) is 6.07 Å². The highest BCUT2D eigenvalue weighted by Gasteiger charge is 2.75. The van der Waals surface area contributed by atoms with E-state index in [4.69, 9.17) is 0 Å². The van der Waals surface area contributed by atoms with Gasteiger partial charge in [0.1, 0.15) is 11.7 Å². The number of allylic oxidation sites excluding steroid dienone is 3. The summed E-state index contributed by atoms with van der Waals surface area (Å²) < 4.78 is 13.2. The highest BCUT2D eigenvalue weighted by molar-refractivity contribution is 6.05. The van der Waals surface area contributed by atoms with E-state index in [-0.39, 0.29) is 28.5 Å². The van der Waals surface area contributed by atoms with Gasteiger partial charge in [-0.25, -0.2) is 4.39 Å². The summed E-state index contributed by atoms with van der Waals surface area (Å²) in [4.78, 5) is 39.7. The van der Waals surface area contributed by atoms with Crippen LogP contribution in [0.4, 0.5) is 4.39 Å². The molecule has 0 bridgehead atoms. The Morgan fingerprint density at radius 3 is 2.31 bits per heavy atom. The number of ketones is 2. The second kappa shape index (κ2) is 8.12. The molecule has 1 amide bonds. The first kappa shape index (κ1) is 28.2. The van der Waals surface area contributed by atoms with E-state index in [1.54, 1.807) is 12.2 Å². The Morgan fingerprint density at radius 2 is 1.69 bits per heavy atom. The number of carbonyl (C=O) groups excluding carboxylic acids is 3. The third kappa shape index (κ3) is 3.30. The summed E-state index contributed by atoms with van der Waals surface area (Å²) in [6.45, 7) is 13.1. The molecule has 212 valence electrons. The van der Waals surface area contributed by atoms with Crippen LogP contribution in [0, 0.1) is 50.2 Å². The predicted molar refractivity (Wildman–Crippen MR) is 145 cm³/mol. The van der Waals surface area contributed by atoms with Crippen molar-refractivity contribution < 1.29 is 23.9 Å². The van der Waals surface area contributed by atoms with E-state index in [0.717, 1.165) is 31.3 Å². The van der Waals surface area contributed by atoms with Crippen molar-refractivity contribution in [3.63, 3.8) is 0 Å². The van der Waals surface area contributed by atoms with Crippen LogP contribution in [0.15, 0.2) is 23.3 Å². The summed E-state index contributed by atoms with van der Waals surface area (Å²) >= 11 is 0. The molecule has 0 heterocycles. The zero-order valence-electron chi connectivity index (χ0n) is 24.5. The number of carbonyl (C=O) groups is 3. The first-order valence-electron chi connectivity index (χ1n) is 14.4. The van der Waals surface area contributed by atoms with Crippen LogP contribution in [-0.4, -0.2) is 40.4 Å². The average molecular weight is 539 g/mol. The Balaban J connectivity index is 1.68. The van der Waals surface area contributed by atoms with Crippen molar-refractivity contribution >= 4 is 17.5 Å². The number of nitrogens with zero attached hydrogens (tertiary/aromatic N) is 1. The van der Waals surface area contributed by atoms with Gasteiger partial charge in [0.2, 0.25) is 0 Å². The molecular formula is C32H43FN2O4. The molecule has 3 fully saturated rings. The second-order valence-electron chi connectivity index (χ2n) is 15.1. The molecule has 8 atom stereocenters. The molecule has 39 heavy (non-hydrogen) atoms. The molecule has 5 rings (SSSR count). The largest absolute Gasteiger partial charge is 0.381 e. The van der Waals surface area contributed by atoms with E-state index in [1.807, 2.05) is 20.8 Å². The smallest absolute Gasteiger partial charge is 0.251 e. The monoisotopic (exact) mass is 538 g/mol. The first-order chi connectivity index (χ1) is 17.9. The van der Waals surface area contributed by atoms with E-state index in [2.05, 4.69) is 39.1 Å². The minimum Gasteiger partial charge on any atom is -0.381 e. The van der Waals surface area contributed by atoms with Gasteiger partial charge in [0.05, 0.1) is 5.57 Å². The Kier molecular flexibility index (Phi) is 5.87. The summed E-state index contributed by atoms with van der Waals surface area (Å²) in [5.74, 6) is -1.62. The van der Waals surface area contributed by atoms with E-state index in [1.165, 1.54) is 0 Å². The molecule has 0 aromatic carbocycles. The topological polar surface area (TPSA) is 107 Å². The van der Waals surface area contributed by atoms with Gasteiger partial charge in [0, 0.05) is 27.7 Å². The number of nitriles is 1. The minimum absolute atomic E-state index is 0.0701. The van der Waals surface area contributed by atoms with Crippen molar-refractivity contribution in [2.45, 2.75) is 105 Å². The molecule has 2 N–H and O–H groups in total. The summed E-state index contributed by atoms with van der Waals surface area (Å²) in [6, 6.07) is 2.12. The summed E-state index contributed by atoms with van der Waals surface area (Å²) in [6.07, 6.45) is 8.20. The summed E-state index contributed by atoms with van der Waals surface area (Å²) in [5.41, 5.74) is -4.37. The molecular weight excluding hydrogens is 495 g/mol. The van der Waals surface area contributed by atoms with Crippen LogP contribution in [0.2, 0.25) is 0 Å². The lowest BCUT2D eigenvalue weighted by atomic mass is 9.33. The molecule has 0 radical (unpaired) electrons. The highest BCUT2D eigenvalue weighted by Crippen LogP contribution is 2.75. The lowest BCUT2D eigenvalue weighted by Crippen LogP contribution is -2.74. The van der Waals surface area contributed by atoms with Crippen LogP contribution < -0.4 is 5.32 Å². The third-order valence-electron chi connectivity index (χ3n) is 12.8. The van der Waals surface area contributed by atoms with Crippen molar-refractivity contribution in [1.29, 1.82) is 5.26 Å². The molecule has 0 unspecified atom stereocenters. The summed E-state index contributed by atoms with van der Waals surface area (Å²) in [7, 11) is 0. The number of aliphatic hydroxyl groups is 1. The molecule has 7 heteroatoms. The van der Waals surface area contributed by atoms with E-state index in [9.17, 15) is 29.1 Å². The van der Waals surface area contributed by atoms with Crippen LogP contribution in [0.5, 0.6) is 0 Å². The fourth-order valence-electron chi connectivity index (χ4n) is 10.2. The molecule has 0 aliphatic heterocycles. The van der Waals surface area contributed by atoms with Gasteiger partial charge < -0.3 is 10.4 Å². The van der Waals surface area contributed by atoms with Gasteiger partial charge in [-0.2, -0.15) is 5.26 Å². The Hall–Kier alpha value is -2.33. The minimum atomic E-state index is -1.66. The predicted octanol–water partition coefficient (Wildman–Crippen LogP) is 5.16. The van der Waals surface area contributed by atoms with Gasteiger partial charge in [-0.15, -0.1) is 0 Å². The standard InChI is InChI=1S/C32H43FN2O4/c1-26(2)20-8-9-30(6)21(29(20,5)15-19(18-34)25(26)38)14-23(36)32(39)22-16-28(4,35-24(37)17-33)12-10-27(22,3)11-13-31(30,32)7/h14-15,20,22,39H,8-13,16-17H2,1-7H3,(H,35,37)/t20-,22+,27-,28-,29-,30+,31-,32+/m0/s1. The maximum atomic E-state index is 14.4. The lowest BCUT2D eigenvalue weighted by molar-refractivity contribution is -0.240. The normalized spacial score (nSPS) is 48.3. The second-order valence-corrected chi connectivity index (χ2v) is 15.1. The lowest BCUT2D eigenvalue weighted by Gasteiger charge is -2.71. The number of rotatable bonds is 2. The summed E-state index contributed by atoms with van der Waals surface area (Å²) in [5, 5.41) is 25.5. The van der Waals surface area contributed by atoms with Gasteiger partial charge in [0.25, 0.3) is 5.91 Å². The van der Waals surface area contributed by atoms with Gasteiger partial charge in [-0.3, -0.25) is 14.4 Å². The van der Waals surface area contributed by atoms with Crippen LogP contribution in [0.3, 0.4) is 0 Å². The molecule has 0 spiro atoms. The molecule has 5 aliphatic carbocycles. The van der Waals surface area contributed by atoms with Crippen LogP contribution >= 0.6 is 0 Å². The van der Waals surface area contributed by atoms with Crippen molar-refractivity contribution in [3.05, 3.63) is 23.3 Å². The first-order valence-corrected chi connectivity index (χ1v) is 14.4. The average Bonchev–Trinajstić information content (AvgIpc) is 2.86. The Morgan fingerprint density at radius 1 is 1.05 bits per heavy atom. The van der Waals surface area contributed by atoms with Crippen LogP contribution in [-0.2, 0) is 14.4 Å². The number of Topliss-reactive ketones (excluding diaryl/α,β-unsaturated/α-hetero) is 1. The number of alkyl halides is 1. The fraction of sp³-hybridized carbons (Fsp3) is 0.750. The molecule has 3 saturated carbocycles. The molecule has 0 aromatic heterocycles. The zero-order valence-corrected chi connectivity index (χ0v) is 24.5. The van der Waals surface area contributed by atoms with Crippen LogP contribution in [0.1, 0.15) is 93.4 Å². The van der Waals surface area contributed by atoms with E-state index < -0.39 is 51.3 Å². The maximum Gasteiger partial charge on any atom is 0.251 e. The van der Waals surface area contributed by atoms with E-state index in [0.29, 0.717) is 19.3 Å². The van der Waals surface area contributed by atoms with Crippen molar-refractivity contribution in [2.24, 2.45) is 38.9 Å². The van der Waals surface area contributed by atoms with Crippen LogP contribution in [0.25, 0.3) is 0 Å². The number of hydrogen-bond acceptors (Lipinski definition) is 5. The van der Waals surface area contributed by atoms with Gasteiger partial charge >= 0.3 is 0 Å². The number of hydrogen-bond donors (Lipinski definition) is 2. The number of amides is 1. The maximum absolute atomic E-state index is 14.4. The van der Waals surface area contributed by atoms with Crippen molar-refractivity contribution in [2.75, 3.05) is 6.67 Å². The number of fused-ring (bicyclic) bond motifs is 7. The quantitative estimate of drug-likeness (QED) is 0.505.